The summed E-state index contributed by atoms with van der Waals surface area (Å²) >= 11 is 0. The Bertz CT molecular complexity index is 769. The fourth-order valence-corrected chi connectivity index (χ4v) is 3.50. The molecule has 0 radical (unpaired) electrons. The van der Waals surface area contributed by atoms with E-state index in [4.69, 9.17) is 5.11 Å². The first-order valence-electron chi connectivity index (χ1n) is 8.69. The van der Waals surface area contributed by atoms with Crippen molar-refractivity contribution in [2.24, 2.45) is 0 Å². The molecule has 0 aliphatic heterocycles. The molecule has 2 aromatic rings. The maximum atomic E-state index is 10.9. The van der Waals surface area contributed by atoms with Crippen molar-refractivity contribution < 1.29 is 9.90 Å². The molecule has 0 heterocycles. The van der Waals surface area contributed by atoms with Crippen molar-refractivity contribution in [3.05, 3.63) is 70.3 Å². The Morgan fingerprint density at radius 3 is 2.50 bits per heavy atom. The minimum Gasteiger partial charge on any atom is -0.478 e. The zero-order chi connectivity index (χ0) is 17.1. The van der Waals surface area contributed by atoms with Gasteiger partial charge in [0.15, 0.2) is 0 Å². The Balaban J connectivity index is 1.89. The lowest BCUT2D eigenvalue weighted by Gasteiger charge is -2.14. The van der Waals surface area contributed by atoms with Gasteiger partial charge < -0.3 is 5.11 Å². The number of carboxylic acid groups (broad SMARTS) is 1. The summed E-state index contributed by atoms with van der Waals surface area (Å²) in [5.41, 5.74) is 6.81. The number of allylic oxidation sites excluding steroid dienone is 1. The molecule has 0 aromatic heterocycles. The molecule has 24 heavy (non-hydrogen) atoms. The van der Waals surface area contributed by atoms with E-state index in [0.29, 0.717) is 11.5 Å². The van der Waals surface area contributed by atoms with Gasteiger partial charge in [0.2, 0.25) is 0 Å². The molecule has 0 fully saturated rings. The van der Waals surface area contributed by atoms with Gasteiger partial charge in [0.1, 0.15) is 0 Å². The van der Waals surface area contributed by atoms with Gasteiger partial charge in [-0.05, 0) is 72.1 Å². The molecule has 0 saturated heterocycles. The Kier molecular flexibility index (Phi) is 4.84. The fraction of sp³-hybridized carbons (Fsp3) is 0.318. The SMILES string of the molecule is C/C(=C\c1ccc(C(=O)O)cc1)c1ccc2c(c1)C(C)CCCC2. The van der Waals surface area contributed by atoms with Crippen molar-refractivity contribution in [2.45, 2.75) is 45.4 Å². The minimum atomic E-state index is -0.887. The summed E-state index contributed by atoms with van der Waals surface area (Å²) in [6.07, 6.45) is 7.20. The first kappa shape index (κ1) is 16.5. The molecule has 1 unspecified atom stereocenters. The van der Waals surface area contributed by atoms with E-state index < -0.39 is 5.97 Å². The van der Waals surface area contributed by atoms with Crippen molar-refractivity contribution in [2.75, 3.05) is 0 Å². The Hall–Kier alpha value is -2.35. The van der Waals surface area contributed by atoms with E-state index in [9.17, 15) is 4.79 Å². The summed E-state index contributed by atoms with van der Waals surface area (Å²) in [6.45, 7) is 4.45. The van der Waals surface area contributed by atoms with Gasteiger partial charge in [-0.3, -0.25) is 0 Å². The van der Waals surface area contributed by atoms with Gasteiger partial charge in [0, 0.05) is 0 Å². The van der Waals surface area contributed by atoms with Crippen molar-refractivity contribution >= 4 is 17.6 Å². The van der Waals surface area contributed by atoms with Crippen LogP contribution in [0.15, 0.2) is 42.5 Å². The van der Waals surface area contributed by atoms with E-state index in [-0.39, 0.29) is 0 Å². The highest BCUT2D eigenvalue weighted by atomic mass is 16.4. The molecule has 0 saturated carbocycles. The molecule has 1 aliphatic rings. The van der Waals surface area contributed by atoms with E-state index in [1.165, 1.54) is 47.9 Å². The highest BCUT2D eigenvalue weighted by Crippen LogP contribution is 2.32. The second-order valence-electron chi connectivity index (χ2n) is 6.81. The van der Waals surface area contributed by atoms with Crippen molar-refractivity contribution in [3.8, 4) is 0 Å². The van der Waals surface area contributed by atoms with Gasteiger partial charge in [-0.15, -0.1) is 0 Å². The molecule has 0 spiro atoms. The standard InChI is InChI=1S/C22H24O2/c1-15-5-3-4-6-18-11-12-20(14-21(15)18)16(2)13-17-7-9-19(10-8-17)22(23)24/h7-15H,3-6H2,1-2H3,(H,23,24)/b16-13+. The summed E-state index contributed by atoms with van der Waals surface area (Å²) in [5, 5.41) is 8.98. The van der Waals surface area contributed by atoms with Crippen LogP contribution < -0.4 is 0 Å². The molecule has 0 amide bonds. The van der Waals surface area contributed by atoms with Crippen molar-refractivity contribution in [3.63, 3.8) is 0 Å². The summed E-state index contributed by atoms with van der Waals surface area (Å²) in [5.74, 6) is -0.257. The van der Waals surface area contributed by atoms with Crippen LogP contribution >= 0.6 is 0 Å². The predicted molar refractivity (Wildman–Crippen MR) is 99.4 cm³/mol. The zero-order valence-electron chi connectivity index (χ0n) is 14.4. The lowest BCUT2D eigenvalue weighted by atomic mass is 9.90. The number of benzene rings is 2. The number of fused-ring (bicyclic) bond motifs is 1. The molecule has 1 atom stereocenters. The van der Waals surface area contributed by atoms with E-state index in [1.54, 1.807) is 12.1 Å². The Labute approximate surface area is 143 Å². The van der Waals surface area contributed by atoms with Crippen LogP contribution in [-0.2, 0) is 6.42 Å². The van der Waals surface area contributed by atoms with Crippen LogP contribution in [0, 0.1) is 0 Å². The number of aryl methyl sites for hydroxylation is 1. The average molecular weight is 320 g/mol. The molecule has 0 bridgehead atoms. The number of hydrogen-bond donors (Lipinski definition) is 1. The van der Waals surface area contributed by atoms with Gasteiger partial charge >= 0.3 is 5.97 Å². The first-order valence-corrected chi connectivity index (χ1v) is 8.69. The van der Waals surface area contributed by atoms with Gasteiger partial charge in [-0.2, -0.15) is 0 Å². The summed E-state index contributed by atoms with van der Waals surface area (Å²) < 4.78 is 0. The minimum absolute atomic E-state index is 0.323. The molecule has 124 valence electrons. The average Bonchev–Trinajstić information content (AvgIpc) is 2.76. The van der Waals surface area contributed by atoms with Crippen LogP contribution in [0.2, 0.25) is 0 Å². The first-order chi connectivity index (χ1) is 11.5. The molecular weight excluding hydrogens is 296 g/mol. The molecule has 3 rings (SSSR count). The van der Waals surface area contributed by atoms with Gasteiger partial charge in [-0.1, -0.05) is 49.8 Å². The molecule has 2 heteroatoms. The molecule has 2 nitrogen and oxygen atoms in total. The number of carbonyl (C=O) groups is 1. The van der Waals surface area contributed by atoms with E-state index in [0.717, 1.165) is 5.56 Å². The summed E-state index contributed by atoms with van der Waals surface area (Å²) in [4.78, 5) is 10.9. The van der Waals surface area contributed by atoms with Crippen LogP contribution in [0.25, 0.3) is 11.6 Å². The number of hydrogen-bond acceptors (Lipinski definition) is 1. The molecule has 1 aliphatic carbocycles. The second kappa shape index (κ2) is 7.04. The van der Waals surface area contributed by atoms with Crippen LogP contribution in [-0.4, -0.2) is 11.1 Å². The van der Waals surface area contributed by atoms with Crippen molar-refractivity contribution in [1.82, 2.24) is 0 Å². The lowest BCUT2D eigenvalue weighted by Crippen LogP contribution is -1.97. The monoisotopic (exact) mass is 320 g/mol. The molecular formula is C22H24O2. The third-order valence-electron chi connectivity index (χ3n) is 5.01. The number of aromatic carboxylic acids is 1. The van der Waals surface area contributed by atoms with Crippen LogP contribution in [0.5, 0.6) is 0 Å². The van der Waals surface area contributed by atoms with Gasteiger partial charge in [0.05, 0.1) is 5.56 Å². The van der Waals surface area contributed by atoms with Gasteiger partial charge in [0.25, 0.3) is 0 Å². The number of carboxylic acids is 1. The lowest BCUT2D eigenvalue weighted by molar-refractivity contribution is 0.0697. The topological polar surface area (TPSA) is 37.3 Å². The third-order valence-corrected chi connectivity index (χ3v) is 5.01. The maximum Gasteiger partial charge on any atom is 0.335 e. The summed E-state index contributed by atoms with van der Waals surface area (Å²) in [7, 11) is 0. The zero-order valence-corrected chi connectivity index (χ0v) is 14.4. The van der Waals surface area contributed by atoms with Crippen molar-refractivity contribution in [1.29, 1.82) is 0 Å². The molecule has 2 aromatic carbocycles. The second-order valence-corrected chi connectivity index (χ2v) is 6.81. The maximum absolute atomic E-state index is 10.9. The molecule has 1 N–H and O–H groups in total. The normalized spacial score (nSPS) is 17.9. The van der Waals surface area contributed by atoms with Crippen LogP contribution in [0.4, 0.5) is 0 Å². The van der Waals surface area contributed by atoms with E-state index in [1.807, 2.05) is 12.1 Å². The Morgan fingerprint density at radius 1 is 1.08 bits per heavy atom. The van der Waals surface area contributed by atoms with Crippen LogP contribution in [0.1, 0.15) is 71.6 Å². The van der Waals surface area contributed by atoms with E-state index in [2.05, 4.69) is 38.1 Å². The quantitative estimate of drug-likeness (QED) is 0.575. The van der Waals surface area contributed by atoms with Gasteiger partial charge in [-0.25, -0.2) is 4.79 Å². The third kappa shape index (κ3) is 3.59. The highest BCUT2D eigenvalue weighted by Gasteiger charge is 2.15. The fourth-order valence-electron chi connectivity index (χ4n) is 3.50. The smallest absolute Gasteiger partial charge is 0.335 e. The Morgan fingerprint density at radius 2 is 1.79 bits per heavy atom. The largest absolute Gasteiger partial charge is 0.478 e. The number of rotatable bonds is 3. The summed E-state index contributed by atoms with van der Waals surface area (Å²) in [6, 6.07) is 13.9. The van der Waals surface area contributed by atoms with E-state index >= 15 is 0 Å². The highest BCUT2D eigenvalue weighted by molar-refractivity contribution is 5.88. The van der Waals surface area contributed by atoms with Crippen LogP contribution in [0.3, 0.4) is 0 Å². The predicted octanol–water partition coefficient (Wildman–Crippen LogP) is 5.78.